The number of nitrogens with one attached hydrogen (secondary N) is 1. The molecule has 1 N–H and O–H groups in total. The van der Waals surface area contributed by atoms with E-state index in [0.717, 1.165) is 43.2 Å². The summed E-state index contributed by atoms with van der Waals surface area (Å²) in [6.07, 6.45) is 0.265. The summed E-state index contributed by atoms with van der Waals surface area (Å²) in [5.41, 5.74) is -0.446. The zero-order chi connectivity index (χ0) is 20.6. The Morgan fingerprint density at radius 1 is 1.14 bits per heavy atom. The van der Waals surface area contributed by atoms with Gasteiger partial charge in [0.15, 0.2) is 0 Å². The molecule has 9 heteroatoms. The number of hydrogen-bond donors (Lipinski definition) is 1. The molecule has 5 nitrogen and oxygen atoms in total. The molecule has 152 valence electrons. The number of alkyl halides is 3. The molecular weight excluding hydrogens is 401 g/mol. The fraction of sp³-hybridized carbons (Fsp3) is 0.350. The van der Waals surface area contributed by atoms with Crippen molar-refractivity contribution in [1.29, 1.82) is 0 Å². The van der Waals surface area contributed by atoms with Crippen LogP contribution in [0.4, 0.5) is 24.7 Å². The second-order valence-electron chi connectivity index (χ2n) is 6.98. The minimum atomic E-state index is -4.55. The molecule has 1 amide bonds. The minimum absolute atomic E-state index is 0.260. The number of amides is 1. The summed E-state index contributed by atoms with van der Waals surface area (Å²) in [7, 11) is 0. The SMILES string of the molecule is Cc1c(C(=O)Nc2ccccc2C(F)(F)F)sc2ncnc(N3CCCCC3)c12. The van der Waals surface area contributed by atoms with Crippen molar-refractivity contribution in [3.05, 3.63) is 46.6 Å². The quantitative estimate of drug-likeness (QED) is 0.628. The first-order valence-electron chi connectivity index (χ1n) is 9.33. The van der Waals surface area contributed by atoms with E-state index in [0.29, 0.717) is 15.3 Å². The lowest BCUT2D eigenvalue weighted by Gasteiger charge is -2.28. The third-order valence-electron chi connectivity index (χ3n) is 5.05. The van der Waals surface area contributed by atoms with Crippen molar-refractivity contribution in [1.82, 2.24) is 9.97 Å². The van der Waals surface area contributed by atoms with Crippen LogP contribution in [-0.2, 0) is 6.18 Å². The van der Waals surface area contributed by atoms with Crippen LogP contribution in [-0.4, -0.2) is 29.0 Å². The Morgan fingerprint density at radius 3 is 2.59 bits per heavy atom. The molecule has 1 aliphatic rings. The summed E-state index contributed by atoms with van der Waals surface area (Å²) >= 11 is 1.17. The topological polar surface area (TPSA) is 58.1 Å². The molecule has 2 aromatic heterocycles. The van der Waals surface area contributed by atoms with Crippen LogP contribution in [0.5, 0.6) is 0 Å². The highest BCUT2D eigenvalue weighted by atomic mass is 32.1. The number of aryl methyl sites for hydroxylation is 1. The second kappa shape index (κ2) is 7.62. The number of hydrogen-bond acceptors (Lipinski definition) is 5. The third kappa shape index (κ3) is 3.78. The van der Waals surface area contributed by atoms with Gasteiger partial charge in [0.05, 0.1) is 21.5 Å². The van der Waals surface area contributed by atoms with E-state index in [1.165, 1.54) is 42.3 Å². The van der Waals surface area contributed by atoms with Gasteiger partial charge in [-0.2, -0.15) is 13.2 Å². The van der Waals surface area contributed by atoms with Gasteiger partial charge in [0, 0.05) is 13.1 Å². The van der Waals surface area contributed by atoms with Crippen LogP contribution in [0, 0.1) is 6.92 Å². The average molecular weight is 420 g/mol. The van der Waals surface area contributed by atoms with E-state index in [2.05, 4.69) is 20.2 Å². The molecule has 0 spiro atoms. The van der Waals surface area contributed by atoms with Crippen LogP contribution in [0.25, 0.3) is 10.2 Å². The van der Waals surface area contributed by atoms with E-state index in [1.54, 1.807) is 6.92 Å². The van der Waals surface area contributed by atoms with Gasteiger partial charge in [0.2, 0.25) is 0 Å². The van der Waals surface area contributed by atoms with Crippen molar-refractivity contribution < 1.29 is 18.0 Å². The van der Waals surface area contributed by atoms with Crippen molar-refractivity contribution in [2.24, 2.45) is 0 Å². The molecule has 1 fully saturated rings. The monoisotopic (exact) mass is 420 g/mol. The van der Waals surface area contributed by atoms with Crippen LogP contribution in [0.1, 0.15) is 40.1 Å². The lowest BCUT2D eigenvalue weighted by atomic mass is 10.1. The standard InChI is InChI=1S/C20H19F3N4OS/c1-12-15-17(27-9-5-2-6-10-27)24-11-25-19(15)29-16(12)18(28)26-14-8-4-3-7-13(14)20(21,22)23/h3-4,7-8,11H,2,5-6,9-10H2,1H3,(H,26,28). The number of fused-ring (bicyclic) bond motifs is 1. The first-order chi connectivity index (χ1) is 13.9. The van der Waals surface area contributed by atoms with Crippen molar-refractivity contribution in [3.63, 3.8) is 0 Å². The number of carbonyl (C=O) groups is 1. The molecule has 0 aliphatic carbocycles. The average Bonchev–Trinajstić information content (AvgIpc) is 3.05. The van der Waals surface area contributed by atoms with Crippen LogP contribution < -0.4 is 10.2 Å². The zero-order valence-corrected chi connectivity index (χ0v) is 16.5. The smallest absolute Gasteiger partial charge is 0.356 e. The normalized spacial score (nSPS) is 15.0. The predicted molar refractivity (Wildman–Crippen MR) is 108 cm³/mol. The molecule has 4 rings (SSSR count). The van der Waals surface area contributed by atoms with Crippen molar-refractivity contribution in [2.45, 2.75) is 32.4 Å². The number of halogens is 3. The van der Waals surface area contributed by atoms with E-state index in [1.807, 2.05) is 0 Å². The first kappa shape index (κ1) is 19.6. The number of aromatic nitrogens is 2. The molecular formula is C20H19F3N4OS. The number of rotatable bonds is 3. The molecule has 3 aromatic rings. The summed E-state index contributed by atoms with van der Waals surface area (Å²) < 4.78 is 39.7. The van der Waals surface area contributed by atoms with Gasteiger partial charge in [-0.3, -0.25) is 4.79 Å². The van der Waals surface area contributed by atoms with Gasteiger partial charge in [-0.25, -0.2) is 9.97 Å². The van der Waals surface area contributed by atoms with Gasteiger partial charge in [-0.1, -0.05) is 12.1 Å². The highest BCUT2D eigenvalue weighted by Gasteiger charge is 2.34. The maximum Gasteiger partial charge on any atom is 0.418 e. The van der Waals surface area contributed by atoms with Gasteiger partial charge in [0.1, 0.15) is 17.0 Å². The predicted octanol–water partition coefficient (Wildman–Crippen LogP) is 5.26. The molecule has 0 radical (unpaired) electrons. The van der Waals surface area contributed by atoms with Gasteiger partial charge in [-0.05, 0) is 43.9 Å². The number of carbonyl (C=O) groups excluding carboxylic acids is 1. The summed E-state index contributed by atoms with van der Waals surface area (Å²) in [5.74, 6) is 0.213. The first-order valence-corrected chi connectivity index (χ1v) is 10.1. The number of thiophene rings is 1. The molecule has 0 unspecified atom stereocenters. The Hall–Kier alpha value is -2.68. The number of para-hydroxylation sites is 1. The lowest BCUT2D eigenvalue weighted by Crippen LogP contribution is -2.30. The van der Waals surface area contributed by atoms with Crippen molar-refractivity contribution in [2.75, 3.05) is 23.3 Å². The Morgan fingerprint density at radius 2 is 1.86 bits per heavy atom. The molecule has 29 heavy (non-hydrogen) atoms. The molecule has 0 saturated carbocycles. The lowest BCUT2D eigenvalue weighted by molar-refractivity contribution is -0.136. The Bertz CT molecular complexity index is 1060. The second-order valence-corrected chi connectivity index (χ2v) is 7.98. The van der Waals surface area contributed by atoms with E-state index in [9.17, 15) is 18.0 Å². The van der Waals surface area contributed by atoms with Gasteiger partial charge in [0.25, 0.3) is 5.91 Å². The van der Waals surface area contributed by atoms with E-state index in [4.69, 9.17) is 0 Å². The Balaban J connectivity index is 1.70. The number of benzene rings is 1. The maximum atomic E-state index is 13.2. The highest BCUT2D eigenvalue weighted by Crippen LogP contribution is 2.38. The fourth-order valence-electron chi connectivity index (χ4n) is 3.63. The largest absolute Gasteiger partial charge is 0.418 e. The van der Waals surface area contributed by atoms with Crippen LogP contribution in [0.2, 0.25) is 0 Å². The Kier molecular flexibility index (Phi) is 5.16. The minimum Gasteiger partial charge on any atom is -0.356 e. The summed E-state index contributed by atoms with van der Waals surface area (Å²) in [5, 5.41) is 3.22. The molecule has 1 saturated heterocycles. The van der Waals surface area contributed by atoms with Crippen LogP contribution in [0.15, 0.2) is 30.6 Å². The van der Waals surface area contributed by atoms with E-state index in [-0.39, 0.29) is 5.69 Å². The van der Waals surface area contributed by atoms with Crippen molar-refractivity contribution in [3.8, 4) is 0 Å². The van der Waals surface area contributed by atoms with Crippen LogP contribution >= 0.6 is 11.3 Å². The number of piperidine rings is 1. The molecule has 3 heterocycles. The number of nitrogens with zero attached hydrogens (tertiary/aromatic N) is 3. The molecule has 0 atom stereocenters. The van der Waals surface area contributed by atoms with E-state index < -0.39 is 17.6 Å². The van der Waals surface area contributed by atoms with Crippen molar-refractivity contribution >= 4 is 39.0 Å². The molecule has 1 aliphatic heterocycles. The summed E-state index contributed by atoms with van der Waals surface area (Å²) in [6, 6.07) is 4.96. The zero-order valence-electron chi connectivity index (χ0n) is 15.7. The fourth-order valence-corrected chi connectivity index (χ4v) is 4.67. The summed E-state index contributed by atoms with van der Waals surface area (Å²) in [4.78, 5) is 24.8. The Labute approximate surface area is 169 Å². The van der Waals surface area contributed by atoms with E-state index >= 15 is 0 Å². The van der Waals surface area contributed by atoms with Crippen LogP contribution in [0.3, 0.4) is 0 Å². The summed E-state index contributed by atoms with van der Waals surface area (Å²) in [6.45, 7) is 3.57. The van der Waals surface area contributed by atoms with Gasteiger partial charge < -0.3 is 10.2 Å². The number of anilines is 2. The van der Waals surface area contributed by atoms with Gasteiger partial charge >= 0.3 is 6.18 Å². The maximum absolute atomic E-state index is 13.2. The molecule has 0 bridgehead atoms. The molecule has 1 aromatic carbocycles. The van der Waals surface area contributed by atoms with Gasteiger partial charge in [-0.15, -0.1) is 11.3 Å². The highest BCUT2D eigenvalue weighted by molar-refractivity contribution is 7.20. The third-order valence-corrected chi connectivity index (χ3v) is 6.25.